The summed E-state index contributed by atoms with van der Waals surface area (Å²) in [5, 5.41) is -0.244. The highest BCUT2D eigenvalue weighted by molar-refractivity contribution is 7.92. The van der Waals surface area contributed by atoms with E-state index in [2.05, 4.69) is 0 Å². The molecule has 0 saturated heterocycles. The van der Waals surface area contributed by atoms with Gasteiger partial charge in [0.15, 0.2) is 11.4 Å². The highest BCUT2D eigenvalue weighted by atomic mass is 32.3. The van der Waals surface area contributed by atoms with Crippen LogP contribution in [0.4, 0.5) is 33.3 Å². The van der Waals surface area contributed by atoms with E-state index >= 15 is 0 Å². The second-order valence-electron chi connectivity index (χ2n) is 9.66. The Bertz CT molecular complexity index is 1330. The Kier molecular flexibility index (Phi) is 8.28. The summed E-state index contributed by atoms with van der Waals surface area (Å²) in [6.45, 7) is 12.8. The van der Waals surface area contributed by atoms with Crippen LogP contribution >= 0.6 is 0 Å². The Morgan fingerprint density at radius 3 is 1.54 bits per heavy atom. The summed E-state index contributed by atoms with van der Waals surface area (Å²) in [6, 6.07) is 8.92. The maximum Gasteiger partial charge on any atom is 0.489 e. The SMILES string of the molecule is Cc1cc(C)c([NH+](O[S+]([O])(=O)c2c(F)c(F)c(F)c(F)c2F)c2c(C(C)C)cccc2C(C)C)c(C)c1. The van der Waals surface area contributed by atoms with E-state index in [-0.39, 0.29) is 16.9 Å². The van der Waals surface area contributed by atoms with Crippen molar-refractivity contribution < 1.29 is 40.1 Å². The molecule has 0 bridgehead atoms. The number of hydrogen-bond donors (Lipinski definition) is 1. The van der Waals surface area contributed by atoms with Gasteiger partial charge in [0.25, 0.3) is 0 Å². The molecule has 0 aliphatic carbocycles. The van der Waals surface area contributed by atoms with Crippen molar-refractivity contribution in [2.45, 2.75) is 65.2 Å². The number of benzene rings is 3. The van der Waals surface area contributed by atoms with E-state index in [1.807, 2.05) is 34.6 Å². The molecule has 0 heterocycles. The third-order valence-corrected chi connectivity index (χ3v) is 7.36. The predicted octanol–water partition coefficient (Wildman–Crippen LogP) is 7.15. The Balaban J connectivity index is 2.41. The Morgan fingerprint density at radius 1 is 0.730 bits per heavy atom. The molecule has 0 aliphatic rings. The van der Waals surface area contributed by atoms with Gasteiger partial charge in [-0.3, -0.25) is 0 Å². The highest BCUT2D eigenvalue weighted by Crippen LogP contribution is 2.35. The number of quaternary nitrogens is 1. The molecule has 3 rings (SSSR count). The molecule has 0 aromatic heterocycles. The average Bonchev–Trinajstić information content (AvgIpc) is 2.79. The van der Waals surface area contributed by atoms with Crippen LogP contribution in [-0.2, 0) is 23.5 Å². The van der Waals surface area contributed by atoms with Crippen molar-refractivity contribution in [1.29, 1.82) is 0 Å². The van der Waals surface area contributed by atoms with Crippen molar-refractivity contribution in [3.8, 4) is 0 Å². The molecule has 1 N–H and O–H groups in total. The van der Waals surface area contributed by atoms with Gasteiger partial charge in [-0.2, -0.15) is 8.78 Å². The van der Waals surface area contributed by atoms with E-state index in [4.69, 9.17) is 4.28 Å². The molecule has 37 heavy (non-hydrogen) atoms. The first-order valence-corrected chi connectivity index (χ1v) is 13.0. The summed E-state index contributed by atoms with van der Waals surface area (Å²) in [7, 11) is -5.54. The van der Waals surface area contributed by atoms with Gasteiger partial charge in [0.2, 0.25) is 29.1 Å². The summed E-state index contributed by atoms with van der Waals surface area (Å²) in [6.07, 6.45) is 0. The van der Waals surface area contributed by atoms with Crippen molar-refractivity contribution >= 4 is 21.9 Å². The van der Waals surface area contributed by atoms with Crippen LogP contribution in [0, 0.1) is 49.9 Å². The maximum atomic E-state index is 14.6. The molecule has 0 saturated carbocycles. The van der Waals surface area contributed by atoms with Gasteiger partial charge < -0.3 is 0 Å². The highest BCUT2D eigenvalue weighted by Gasteiger charge is 2.53. The van der Waals surface area contributed by atoms with E-state index in [1.165, 1.54) is 0 Å². The Hall–Kier alpha value is -2.66. The Labute approximate surface area is 214 Å². The molecule has 1 radical (unpaired) electrons. The lowest BCUT2D eigenvalue weighted by atomic mass is 9.92. The lowest BCUT2D eigenvalue weighted by molar-refractivity contribution is -0.953. The minimum absolute atomic E-state index is 0.129. The summed E-state index contributed by atoms with van der Waals surface area (Å²) in [4.78, 5) is -2.04. The van der Waals surface area contributed by atoms with Crippen LogP contribution in [-0.4, -0.2) is 0 Å². The van der Waals surface area contributed by atoms with Gasteiger partial charge in [0.1, 0.15) is 0 Å². The topological polar surface area (TPSA) is 50.6 Å². The number of para-hydroxylation sites is 1. The van der Waals surface area contributed by atoms with Crippen LogP contribution in [0.15, 0.2) is 35.2 Å². The third kappa shape index (κ3) is 5.34. The van der Waals surface area contributed by atoms with Gasteiger partial charge in [0.05, 0.1) is 8.84 Å². The van der Waals surface area contributed by atoms with Crippen LogP contribution in [0.3, 0.4) is 0 Å². The van der Waals surface area contributed by atoms with Gasteiger partial charge in [-0.15, -0.1) is 0 Å². The summed E-state index contributed by atoms with van der Waals surface area (Å²) < 4.78 is 103. The second kappa shape index (κ2) is 10.6. The van der Waals surface area contributed by atoms with Crippen LogP contribution in [0.25, 0.3) is 0 Å². The lowest BCUT2D eigenvalue weighted by Gasteiger charge is -2.24. The molecule has 0 spiro atoms. The van der Waals surface area contributed by atoms with Crippen molar-refractivity contribution in [3.63, 3.8) is 0 Å². The summed E-state index contributed by atoms with van der Waals surface area (Å²) in [5.41, 5.74) is 4.19. The van der Waals surface area contributed by atoms with Crippen LogP contribution in [0.5, 0.6) is 0 Å². The monoisotopic (exact) mass is 542 g/mol. The zero-order valence-electron chi connectivity index (χ0n) is 21.6. The smallest absolute Gasteiger partial charge is 0.200 e. The third-order valence-electron chi connectivity index (χ3n) is 6.12. The number of hydrogen-bond acceptors (Lipinski definition) is 2. The number of aryl methyl sites for hydroxylation is 3. The lowest BCUT2D eigenvalue weighted by Crippen LogP contribution is -3.03. The first kappa shape index (κ1) is 28.9. The van der Waals surface area contributed by atoms with Gasteiger partial charge >= 0.3 is 15.4 Å². The summed E-state index contributed by atoms with van der Waals surface area (Å²) in [5.74, 6) is -12.5. The van der Waals surface area contributed by atoms with Gasteiger partial charge in [-0.1, -0.05) is 68.7 Å². The molecule has 3 aromatic carbocycles. The molecule has 3 aromatic rings. The molecule has 0 amide bonds. The molecule has 0 aliphatic heterocycles. The van der Waals surface area contributed by atoms with Gasteiger partial charge in [0, 0.05) is 22.3 Å². The van der Waals surface area contributed by atoms with Crippen LogP contribution in [0.1, 0.15) is 67.3 Å². The first-order chi connectivity index (χ1) is 17.1. The van der Waals surface area contributed by atoms with E-state index < -0.39 is 44.5 Å². The average molecular weight is 543 g/mol. The van der Waals surface area contributed by atoms with E-state index in [0.29, 0.717) is 33.6 Å². The number of rotatable bonds is 7. The molecular weight excluding hydrogens is 513 g/mol. The van der Waals surface area contributed by atoms with Crippen molar-refractivity contribution in [3.05, 3.63) is 87.2 Å². The van der Waals surface area contributed by atoms with Crippen LogP contribution in [0.2, 0.25) is 0 Å². The molecular formula is C27H29F5NO3S+2. The minimum atomic E-state index is -5.54. The maximum absolute atomic E-state index is 14.6. The fourth-order valence-corrected chi connectivity index (χ4v) is 5.60. The quantitative estimate of drug-likeness (QED) is 0.113. The second-order valence-corrected chi connectivity index (χ2v) is 11.1. The van der Waals surface area contributed by atoms with Gasteiger partial charge in [-0.05, 0) is 36.8 Å². The van der Waals surface area contributed by atoms with Crippen LogP contribution < -0.4 is 5.06 Å². The van der Waals surface area contributed by atoms with Crippen molar-refractivity contribution in [2.75, 3.05) is 0 Å². The normalized spacial score (nSPS) is 14.4. The zero-order valence-corrected chi connectivity index (χ0v) is 22.4. The van der Waals surface area contributed by atoms with Crippen molar-refractivity contribution in [2.24, 2.45) is 0 Å². The summed E-state index contributed by atoms with van der Waals surface area (Å²) >= 11 is 0. The number of nitrogens with one attached hydrogen (secondary N) is 1. The number of halogens is 5. The first-order valence-electron chi connectivity index (χ1n) is 11.6. The molecule has 4 nitrogen and oxygen atoms in total. The van der Waals surface area contributed by atoms with E-state index in [9.17, 15) is 30.7 Å². The minimum Gasteiger partial charge on any atom is -0.200 e. The van der Waals surface area contributed by atoms with E-state index in [0.717, 1.165) is 5.56 Å². The molecule has 2 unspecified atom stereocenters. The molecule has 10 heteroatoms. The standard InChI is InChI=1S/C27H28F5NO3S/c1-13(2)18-9-8-10-19(14(3)4)26(18)33(25-16(6)11-15(5)12-17(25)7)36-37(34,35)27-23(31)21(29)20(28)22(30)24(27)32/h8-14H,1-7H3/q+1/p+1. The largest absolute Gasteiger partial charge is 0.489 e. The van der Waals surface area contributed by atoms with Crippen molar-refractivity contribution in [1.82, 2.24) is 0 Å². The fourth-order valence-electron chi connectivity index (χ4n) is 4.52. The fraction of sp³-hybridized carbons (Fsp3) is 0.333. The van der Waals surface area contributed by atoms with E-state index in [1.54, 1.807) is 44.2 Å². The molecule has 2 atom stereocenters. The van der Waals surface area contributed by atoms with Gasteiger partial charge in [-0.25, -0.2) is 13.2 Å². The zero-order chi connectivity index (χ0) is 28.0. The predicted molar refractivity (Wildman–Crippen MR) is 130 cm³/mol. The molecule has 199 valence electrons. The molecule has 0 fully saturated rings. The Morgan fingerprint density at radius 2 is 1.14 bits per heavy atom.